The van der Waals surface area contributed by atoms with Gasteiger partial charge < -0.3 is 5.73 Å². The van der Waals surface area contributed by atoms with Crippen LogP contribution in [0.25, 0.3) is 0 Å². The molecule has 0 fully saturated rings. The first kappa shape index (κ1) is 10.8. The Balaban J connectivity index is 2.50. The smallest absolute Gasteiger partial charge is 0.127 e. The summed E-state index contributed by atoms with van der Waals surface area (Å²) in [6.45, 7) is 0.403. The highest BCUT2D eigenvalue weighted by Gasteiger charge is 2.05. The summed E-state index contributed by atoms with van der Waals surface area (Å²) in [5.74, 6) is 0.383. The fourth-order valence-electron chi connectivity index (χ4n) is 0.864. The fraction of sp³-hybridized carbons (Fsp3) is 0.333. The molecule has 2 N–H and O–H groups in total. The molecule has 0 bridgehead atoms. The van der Waals surface area contributed by atoms with Crippen LogP contribution in [0.3, 0.4) is 0 Å². The molecule has 0 aliphatic heterocycles. The van der Waals surface area contributed by atoms with Crippen molar-refractivity contribution >= 4 is 23.4 Å². The average Bonchev–Trinajstić information content (AvgIpc) is 2.16. The highest BCUT2D eigenvalue weighted by molar-refractivity contribution is 8.00. The zero-order valence-electron chi connectivity index (χ0n) is 7.04. The maximum Gasteiger partial charge on any atom is 0.127 e. The molecule has 0 amide bonds. The first-order chi connectivity index (χ1) is 6.24. The van der Waals surface area contributed by atoms with Gasteiger partial charge in [-0.3, -0.25) is 0 Å². The van der Waals surface area contributed by atoms with E-state index in [0.29, 0.717) is 17.9 Å². The highest BCUT2D eigenvalue weighted by Crippen LogP contribution is 2.21. The Labute approximate surface area is 86.5 Å². The molecule has 0 saturated heterocycles. The molecule has 1 unspecified atom stereocenters. The zero-order chi connectivity index (χ0) is 9.68. The minimum absolute atomic E-state index is 0.139. The Morgan fingerprint density at radius 3 is 2.77 bits per heavy atom. The maximum absolute atomic E-state index is 13.1. The van der Waals surface area contributed by atoms with E-state index >= 15 is 0 Å². The number of hydrogen-bond acceptors (Lipinski definition) is 2. The molecule has 1 aromatic carbocycles. The molecule has 0 spiro atoms. The standard InChI is InChI=1S/C9H11ClFNS/c10-9(5-12)13-6-7-3-1-2-4-8(7)11/h1-4,9H,5-6,12H2. The van der Waals surface area contributed by atoms with Gasteiger partial charge in [0.1, 0.15) is 5.82 Å². The molecule has 1 aromatic rings. The zero-order valence-corrected chi connectivity index (χ0v) is 8.61. The molecule has 0 aliphatic carbocycles. The summed E-state index contributed by atoms with van der Waals surface area (Å²) in [6.07, 6.45) is 0. The van der Waals surface area contributed by atoms with Gasteiger partial charge in [0, 0.05) is 12.3 Å². The summed E-state index contributed by atoms with van der Waals surface area (Å²) in [4.78, 5) is 0. The SMILES string of the molecule is NCC(Cl)SCc1ccccc1F. The Morgan fingerprint density at radius 1 is 1.46 bits per heavy atom. The van der Waals surface area contributed by atoms with Gasteiger partial charge in [-0.15, -0.1) is 23.4 Å². The number of alkyl halides is 1. The quantitative estimate of drug-likeness (QED) is 0.788. The second-order valence-corrected chi connectivity index (χ2v) is 4.52. The van der Waals surface area contributed by atoms with Gasteiger partial charge in [-0.2, -0.15) is 0 Å². The van der Waals surface area contributed by atoms with Crippen molar-refractivity contribution in [3.8, 4) is 0 Å². The van der Waals surface area contributed by atoms with Crippen LogP contribution in [0.5, 0.6) is 0 Å². The summed E-state index contributed by atoms with van der Waals surface area (Å²) >= 11 is 7.23. The third kappa shape index (κ3) is 3.55. The van der Waals surface area contributed by atoms with Crippen molar-refractivity contribution in [3.05, 3.63) is 35.6 Å². The monoisotopic (exact) mass is 219 g/mol. The van der Waals surface area contributed by atoms with E-state index in [9.17, 15) is 4.39 Å². The summed E-state index contributed by atoms with van der Waals surface area (Å²) in [7, 11) is 0. The van der Waals surface area contributed by atoms with Crippen molar-refractivity contribution in [2.24, 2.45) is 5.73 Å². The lowest BCUT2D eigenvalue weighted by atomic mass is 10.2. The second-order valence-electron chi connectivity index (χ2n) is 2.55. The van der Waals surface area contributed by atoms with Crippen molar-refractivity contribution in [3.63, 3.8) is 0 Å². The Morgan fingerprint density at radius 2 is 2.15 bits per heavy atom. The predicted molar refractivity (Wildman–Crippen MR) is 56.4 cm³/mol. The molecule has 1 nitrogen and oxygen atoms in total. The first-order valence-corrected chi connectivity index (χ1v) is 5.41. The topological polar surface area (TPSA) is 26.0 Å². The van der Waals surface area contributed by atoms with Crippen molar-refractivity contribution in [1.82, 2.24) is 0 Å². The van der Waals surface area contributed by atoms with Crippen LogP contribution in [0.15, 0.2) is 24.3 Å². The maximum atomic E-state index is 13.1. The van der Waals surface area contributed by atoms with Crippen molar-refractivity contribution < 1.29 is 4.39 Å². The van der Waals surface area contributed by atoms with E-state index in [0.717, 1.165) is 0 Å². The normalized spacial score (nSPS) is 12.8. The van der Waals surface area contributed by atoms with Crippen LogP contribution in [0.2, 0.25) is 0 Å². The summed E-state index contributed by atoms with van der Waals surface area (Å²) < 4.78 is 12.9. The summed E-state index contributed by atoms with van der Waals surface area (Å²) in [5.41, 5.74) is 6.00. The van der Waals surface area contributed by atoms with Crippen LogP contribution in [-0.2, 0) is 5.75 Å². The average molecular weight is 220 g/mol. The predicted octanol–water partition coefficient (Wildman–Crippen LogP) is 2.58. The van der Waals surface area contributed by atoms with E-state index in [4.69, 9.17) is 17.3 Å². The fourth-order valence-corrected chi connectivity index (χ4v) is 1.78. The van der Waals surface area contributed by atoms with Crippen LogP contribution in [0.4, 0.5) is 4.39 Å². The second kappa shape index (κ2) is 5.47. The number of halogens is 2. The van der Waals surface area contributed by atoms with Crippen LogP contribution in [0.1, 0.15) is 5.56 Å². The van der Waals surface area contributed by atoms with Gasteiger partial charge in [0.25, 0.3) is 0 Å². The van der Waals surface area contributed by atoms with Gasteiger partial charge in [0.05, 0.1) is 4.71 Å². The van der Waals surface area contributed by atoms with E-state index < -0.39 is 0 Å². The lowest BCUT2D eigenvalue weighted by molar-refractivity contribution is 0.617. The highest BCUT2D eigenvalue weighted by atomic mass is 35.5. The lowest BCUT2D eigenvalue weighted by Crippen LogP contribution is -2.10. The number of thioether (sulfide) groups is 1. The molecular weight excluding hydrogens is 209 g/mol. The van der Waals surface area contributed by atoms with Crippen LogP contribution in [0, 0.1) is 5.82 Å². The van der Waals surface area contributed by atoms with Crippen LogP contribution in [-0.4, -0.2) is 11.3 Å². The molecule has 0 aliphatic rings. The summed E-state index contributed by atoms with van der Waals surface area (Å²) in [6, 6.07) is 6.68. The van der Waals surface area contributed by atoms with Gasteiger partial charge >= 0.3 is 0 Å². The third-order valence-corrected chi connectivity index (χ3v) is 3.15. The first-order valence-electron chi connectivity index (χ1n) is 3.93. The van der Waals surface area contributed by atoms with E-state index in [-0.39, 0.29) is 10.5 Å². The molecule has 0 aromatic heterocycles. The largest absolute Gasteiger partial charge is 0.328 e. The van der Waals surface area contributed by atoms with Gasteiger partial charge in [-0.25, -0.2) is 4.39 Å². The molecule has 0 radical (unpaired) electrons. The van der Waals surface area contributed by atoms with Gasteiger partial charge in [0.2, 0.25) is 0 Å². The number of hydrogen-bond donors (Lipinski definition) is 1. The number of rotatable bonds is 4. The van der Waals surface area contributed by atoms with E-state index in [1.165, 1.54) is 17.8 Å². The van der Waals surface area contributed by atoms with Crippen molar-refractivity contribution in [2.75, 3.05) is 6.54 Å². The minimum Gasteiger partial charge on any atom is -0.328 e. The Bertz CT molecular complexity index is 270. The number of nitrogens with two attached hydrogens (primary N) is 1. The molecule has 0 heterocycles. The molecular formula is C9H11ClFNS. The Kier molecular flexibility index (Phi) is 4.56. The van der Waals surface area contributed by atoms with Gasteiger partial charge in [0.15, 0.2) is 0 Å². The lowest BCUT2D eigenvalue weighted by Gasteiger charge is -2.06. The minimum atomic E-state index is -0.184. The molecule has 72 valence electrons. The van der Waals surface area contributed by atoms with Crippen LogP contribution >= 0.6 is 23.4 Å². The van der Waals surface area contributed by atoms with Crippen molar-refractivity contribution in [2.45, 2.75) is 10.5 Å². The van der Waals surface area contributed by atoms with E-state index in [1.54, 1.807) is 12.1 Å². The van der Waals surface area contributed by atoms with Gasteiger partial charge in [-0.05, 0) is 11.6 Å². The van der Waals surface area contributed by atoms with Crippen molar-refractivity contribution in [1.29, 1.82) is 0 Å². The molecule has 13 heavy (non-hydrogen) atoms. The van der Waals surface area contributed by atoms with E-state index in [1.807, 2.05) is 6.07 Å². The third-order valence-electron chi connectivity index (χ3n) is 1.56. The summed E-state index contributed by atoms with van der Waals surface area (Å²) in [5, 5.41) is 0. The molecule has 0 saturated carbocycles. The molecule has 1 rings (SSSR count). The van der Waals surface area contributed by atoms with Gasteiger partial charge in [-0.1, -0.05) is 18.2 Å². The molecule has 4 heteroatoms. The van der Waals surface area contributed by atoms with E-state index in [2.05, 4.69) is 0 Å². The number of benzene rings is 1. The Hall–Kier alpha value is -0.250. The van der Waals surface area contributed by atoms with Crippen LogP contribution < -0.4 is 5.73 Å². The molecule has 1 atom stereocenters.